The second-order valence-electron chi connectivity index (χ2n) is 4.82. The molecule has 104 valence electrons. The number of hydrogen-bond acceptors (Lipinski definition) is 2. The number of carbonyl (C=O) groups is 1. The monoisotopic (exact) mass is 260 g/mol. The van der Waals surface area contributed by atoms with E-state index in [-0.39, 0.29) is 11.8 Å². The van der Waals surface area contributed by atoms with Gasteiger partial charge in [0, 0.05) is 18.6 Å². The maximum atomic E-state index is 11.5. The Morgan fingerprint density at radius 2 is 2.00 bits per heavy atom. The molecule has 1 amide bonds. The first-order chi connectivity index (χ1) is 9.24. The fraction of sp³-hybridized carbons (Fsp3) is 0.500. The molecule has 0 saturated carbocycles. The number of hydrogen-bond donors (Lipinski definition) is 1. The Labute approximate surface area is 116 Å². The quantitative estimate of drug-likeness (QED) is 0.430. The van der Waals surface area contributed by atoms with Crippen molar-refractivity contribution in [2.75, 3.05) is 0 Å². The highest BCUT2D eigenvalue weighted by molar-refractivity contribution is 5.77. The molecular weight excluding hydrogens is 236 g/mol. The Balaban J connectivity index is 2.24. The summed E-state index contributed by atoms with van der Waals surface area (Å²) in [5, 5.41) is 4.02. The van der Waals surface area contributed by atoms with Crippen LogP contribution in [0.3, 0.4) is 0 Å². The molecule has 19 heavy (non-hydrogen) atoms. The molecule has 0 aliphatic rings. The van der Waals surface area contributed by atoms with Crippen molar-refractivity contribution < 1.29 is 4.79 Å². The van der Waals surface area contributed by atoms with Gasteiger partial charge in [-0.05, 0) is 12.0 Å². The molecule has 0 heterocycles. The molecule has 0 spiro atoms. The molecule has 1 rings (SSSR count). The van der Waals surface area contributed by atoms with Crippen molar-refractivity contribution in [1.29, 1.82) is 0 Å². The molecule has 0 aliphatic carbocycles. The van der Waals surface area contributed by atoms with E-state index in [0.29, 0.717) is 6.42 Å². The molecular formula is C16H24N2O. The number of carbonyl (C=O) groups excluding carboxylic acids is 1. The maximum Gasteiger partial charge on any atom is 0.240 e. The Kier molecular flexibility index (Phi) is 7.56. The largest absolute Gasteiger partial charge is 0.273 e. The molecule has 0 radical (unpaired) electrons. The van der Waals surface area contributed by atoms with Crippen molar-refractivity contribution in [3.05, 3.63) is 35.9 Å². The van der Waals surface area contributed by atoms with Gasteiger partial charge in [0.2, 0.25) is 5.91 Å². The number of nitrogens with one attached hydrogen (secondary N) is 1. The molecule has 0 fully saturated rings. The van der Waals surface area contributed by atoms with Crippen LogP contribution in [0, 0.1) is 0 Å². The van der Waals surface area contributed by atoms with Gasteiger partial charge < -0.3 is 0 Å². The normalized spacial score (nSPS) is 12.5. The van der Waals surface area contributed by atoms with E-state index < -0.39 is 0 Å². The third kappa shape index (κ3) is 6.75. The molecule has 3 nitrogen and oxygen atoms in total. The zero-order valence-corrected chi connectivity index (χ0v) is 11.9. The van der Waals surface area contributed by atoms with Crippen molar-refractivity contribution >= 4 is 12.1 Å². The number of nitrogens with zero attached hydrogens (tertiary/aromatic N) is 1. The van der Waals surface area contributed by atoms with Crippen LogP contribution >= 0.6 is 0 Å². The first kappa shape index (κ1) is 15.4. The first-order valence-corrected chi connectivity index (χ1v) is 7.11. The van der Waals surface area contributed by atoms with Gasteiger partial charge in [0.1, 0.15) is 0 Å². The van der Waals surface area contributed by atoms with Gasteiger partial charge in [-0.1, -0.05) is 63.4 Å². The van der Waals surface area contributed by atoms with Crippen LogP contribution in [-0.2, 0) is 4.79 Å². The molecule has 1 aromatic rings. The predicted molar refractivity (Wildman–Crippen MR) is 80.3 cm³/mol. The molecule has 0 saturated heterocycles. The minimum atomic E-state index is 0.00705. The van der Waals surface area contributed by atoms with Crippen molar-refractivity contribution in [3.63, 3.8) is 0 Å². The second-order valence-corrected chi connectivity index (χ2v) is 4.82. The standard InChI is InChI=1S/C16H24N2O/c1-3-4-5-9-12-16(19)18-17-13-14(2)15-10-7-6-8-11-15/h6-8,10-11,13-14H,3-5,9,12H2,1-2H3,(H,18,19)/b17-13+. The summed E-state index contributed by atoms with van der Waals surface area (Å²) in [6.07, 6.45) is 6.80. The highest BCUT2D eigenvalue weighted by Gasteiger charge is 2.02. The third-order valence-electron chi connectivity index (χ3n) is 3.07. The van der Waals surface area contributed by atoms with Gasteiger partial charge >= 0.3 is 0 Å². The Morgan fingerprint density at radius 3 is 2.68 bits per heavy atom. The number of hydrazone groups is 1. The number of rotatable bonds is 8. The minimum absolute atomic E-state index is 0.00705. The lowest BCUT2D eigenvalue weighted by molar-refractivity contribution is -0.121. The van der Waals surface area contributed by atoms with Gasteiger partial charge in [-0.3, -0.25) is 4.79 Å². The van der Waals surface area contributed by atoms with Gasteiger partial charge in [-0.2, -0.15) is 5.10 Å². The van der Waals surface area contributed by atoms with Crippen LogP contribution in [0.4, 0.5) is 0 Å². The zero-order valence-electron chi connectivity index (χ0n) is 11.9. The van der Waals surface area contributed by atoms with Gasteiger partial charge in [0.25, 0.3) is 0 Å². The van der Waals surface area contributed by atoms with Gasteiger partial charge in [-0.15, -0.1) is 0 Å². The molecule has 1 aromatic carbocycles. The first-order valence-electron chi connectivity index (χ1n) is 7.11. The van der Waals surface area contributed by atoms with Crippen molar-refractivity contribution in [1.82, 2.24) is 5.43 Å². The number of benzene rings is 1. The second kappa shape index (κ2) is 9.31. The molecule has 0 aliphatic heterocycles. The van der Waals surface area contributed by atoms with E-state index in [0.717, 1.165) is 12.8 Å². The van der Waals surface area contributed by atoms with E-state index in [9.17, 15) is 4.79 Å². The summed E-state index contributed by atoms with van der Waals surface area (Å²) < 4.78 is 0. The Morgan fingerprint density at radius 1 is 1.26 bits per heavy atom. The van der Waals surface area contributed by atoms with E-state index >= 15 is 0 Å². The van der Waals surface area contributed by atoms with Crippen molar-refractivity contribution in [2.24, 2.45) is 5.10 Å². The highest BCUT2D eigenvalue weighted by Crippen LogP contribution is 2.11. The molecule has 0 aromatic heterocycles. The zero-order chi connectivity index (χ0) is 13.9. The van der Waals surface area contributed by atoms with Crippen LogP contribution in [0.1, 0.15) is 57.4 Å². The van der Waals surface area contributed by atoms with E-state index in [2.05, 4.69) is 36.5 Å². The van der Waals surface area contributed by atoms with Crippen LogP contribution in [0.5, 0.6) is 0 Å². The summed E-state index contributed by atoms with van der Waals surface area (Å²) >= 11 is 0. The minimum Gasteiger partial charge on any atom is -0.273 e. The number of amides is 1. The summed E-state index contributed by atoms with van der Waals surface area (Å²) in [6.45, 7) is 4.22. The van der Waals surface area contributed by atoms with E-state index in [1.54, 1.807) is 6.21 Å². The lowest BCUT2D eigenvalue weighted by atomic mass is 10.0. The van der Waals surface area contributed by atoms with Crippen LogP contribution in [0.25, 0.3) is 0 Å². The topological polar surface area (TPSA) is 41.5 Å². The summed E-state index contributed by atoms with van der Waals surface area (Å²) in [5.41, 5.74) is 3.79. The molecule has 3 heteroatoms. The predicted octanol–water partition coefficient (Wildman–Crippen LogP) is 3.86. The van der Waals surface area contributed by atoms with Gasteiger partial charge in [0.15, 0.2) is 0 Å². The van der Waals surface area contributed by atoms with Gasteiger partial charge in [-0.25, -0.2) is 5.43 Å². The average molecular weight is 260 g/mol. The van der Waals surface area contributed by atoms with Crippen LogP contribution in [0.15, 0.2) is 35.4 Å². The maximum absolute atomic E-state index is 11.5. The fourth-order valence-corrected chi connectivity index (χ4v) is 1.83. The van der Waals surface area contributed by atoms with E-state index in [1.165, 1.54) is 18.4 Å². The SMILES string of the molecule is CCCCCCC(=O)N/N=C/C(C)c1ccccc1. The number of unbranched alkanes of at least 4 members (excludes halogenated alkanes) is 3. The summed E-state index contributed by atoms with van der Waals surface area (Å²) in [4.78, 5) is 11.5. The summed E-state index contributed by atoms with van der Waals surface area (Å²) in [5.74, 6) is 0.217. The molecule has 0 bridgehead atoms. The summed E-state index contributed by atoms with van der Waals surface area (Å²) in [7, 11) is 0. The smallest absolute Gasteiger partial charge is 0.240 e. The average Bonchev–Trinajstić information content (AvgIpc) is 2.44. The van der Waals surface area contributed by atoms with Crippen molar-refractivity contribution in [2.45, 2.75) is 51.9 Å². The van der Waals surface area contributed by atoms with Crippen LogP contribution < -0.4 is 5.43 Å². The van der Waals surface area contributed by atoms with E-state index in [4.69, 9.17) is 0 Å². The van der Waals surface area contributed by atoms with Crippen molar-refractivity contribution in [3.8, 4) is 0 Å². The third-order valence-corrected chi connectivity index (χ3v) is 3.07. The van der Waals surface area contributed by atoms with Crippen LogP contribution in [-0.4, -0.2) is 12.1 Å². The highest BCUT2D eigenvalue weighted by atomic mass is 16.2. The van der Waals surface area contributed by atoms with E-state index in [1.807, 2.05) is 18.2 Å². The Bertz CT molecular complexity index is 387. The van der Waals surface area contributed by atoms with Gasteiger partial charge in [0.05, 0.1) is 0 Å². The lowest BCUT2D eigenvalue weighted by Gasteiger charge is -2.05. The molecule has 1 unspecified atom stereocenters. The summed E-state index contributed by atoms with van der Waals surface area (Å²) in [6, 6.07) is 10.1. The lowest BCUT2D eigenvalue weighted by Crippen LogP contribution is -2.17. The molecule has 1 N–H and O–H groups in total. The Hall–Kier alpha value is -1.64. The fourth-order valence-electron chi connectivity index (χ4n) is 1.83. The molecule has 1 atom stereocenters. The van der Waals surface area contributed by atoms with Crippen LogP contribution in [0.2, 0.25) is 0 Å².